The largest absolute Gasteiger partial charge is 0.390 e. The number of aliphatic hydroxyl groups excluding tert-OH is 1. The average molecular weight is 245 g/mol. The summed E-state index contributed by atoms with van der Waals surface area (Å²) in [5.74, 6) is -3.19. The summed E-state index contributed by atoms with van der Waals surface area (Å²) in [7, 11) is 0. The van der Waals surface area contributed by atoms with Crippen LogP contribution in [0.3, 0.4) is 0 Å². The highest BCUT2D eigenvalue weighted by Crippen LogP contribution is 2.36. The van der Waals surface area contributed by atoms with Crippen molar-refractivity contribution in [3.63, 3.8) is 0 Å². The lowest BCUT2D eigenvalue weighted by Crippen LogP contribution is -2.22. The summed E-state index contributed by atoms with van der Waals surface area (Å²) in [4.78, 5) is 11.8. The number of carbonyl (C=O) groups excluding carboxylic acids is 1. The van der Waals surface area contributed by atoms with Gasteiger partial charge in [0.1, 0.15) is 6.61 Å². The number of rotatable bonds is 2. The Hall–Kier alpha value is -1.14. The van der Waals surface area contributed by atoms with E-state index in [9.17, 15) is 13.6 Å². The quantitative estimate of drug-likeness (QED) is 0.835. The average Bonchev–Trinajstić information content (AvgIpc) is 2.28. The Kier molecular flexibility index (Phi) is 2.86. The Labute approximate surface area is 94.8 Å². The summed E-state index contributed by atoms with van der Waals surface area (Å²) in [6, 6.07) is 3.99. The van der Waals surface area contributed by atoms with Crippen LogP contribution in [-0.4, -0.2) is 23.4 Å². The third kappa shape index (κ3) is 2.03. The molecule has 1 aromatic carbocycles. The minimum atomic E-state index is -3.28. The molecule has 86 valence electrons. The first-order chi connectivity index (χ1) is 7.53. The van der Waals surface area contributed by atoms with Crippen LogP contribution in [0.2, 0.25) is 0 Å². The van der Waals surface area contributed by atoms with E-state index in [1.54, 1.807) is 0 Å². The van der Waals surface area contributed by atoms with E-state index in [4.69, 9.17) is 5.11 Å². The maximum Gasteiger partial charge on any atom is 0.295 e. The number of thioether (sulfide) groups is 1. The van der Waals surface area contributed by atoms with Crippen LogP contribution < -0.4 is 5.32 Å². The van der Waals surface area contributed by atoms with E-state index in [2.05, 4.69) is 5.32 Å². The van der Waals surface area contributed by atoms with Gasteiger partial charge in [-0.15, -0.1) is 11.8 Å². The van der Waals surface area contributed by atoms with Crippen molar-refractivity contribution in [2.75, 3.05) is 17.7 Å². The number of amides is 1. The van der Waals surface area contributed by atoms with Gasteiger partial charge < -0.3 is 10.4 Å². The van der Waals surface area contributed by atoms with Crippen molar-refractivity contribution >= 4 is 23.4 Å². The lowest BCUT2D eigenvalue weighted by molar-refractivity contribution is -0.113. The first-order valence-electron chi connectivity index (χ1n) is 4.59. The molecule has 0 saturated heterocycles. The van der Waals surface area contributed by atoms with Crippen LogP contribution in [-0.2, 0) is 10.7 Å². The number of halogens is 2. The monoisotopic (exact) mass is 245 g/mol. The molecule has 0 aromatic heterocycles. The van der Waals surface area contributed by atoms with Gasteiger partial charge in [-0.2, -0.15) is 8.78 Å². The molecule has 0 fully saturated rings. The second kappa shape index (κ2) is 4.03. The molecule has 3 nitrogen and oxygen atoms in total. The zero-order valence-corrected chi connectivity index (χ0v) is 8.98. The lowest BCUT2D eigenvalue weighted by atomic mass is 10.1. The fourth-order valence-electron chi connectivity index (χ4n) is 1.40. The van der Waals surface area contributed by atoms with Crippen molar-refractivity contribution in [2.45, 2.75) is 10.8 Å². The van der Waals surface area contributed by atoms with Gasteiger partial charge in [0.25, 0.3) is 5.92 Å². The van der Waals surface area contributed by atoms with E-state index < -0.39 is 12.5 Å². The standard InChI is InChI=1S/C10H9F2NO2S/c11-10(12,5-14)6-1-2-8-7(3-6)13-9(15)4-16-8/h1-3,14H,4-5H2,(H,13,15). The number of anilines is 1. The minimum absolute atomic E-state index is 0.207. The normalized spacial score (nSPS) is 15.6. The molecule has 0 atom stereocenters. The van der Waals surface area contributed by atoms with Crippen LogP contribution in [0.4, 0.5) is 14.5 Å². The second-order valence-electron chi connectivity index (χ2n) is 3.41. The molecule has 0 bridgehead atoms. The van der Waals surface area contributed by atoms with E-state index >= 15 is 0 Å². The highest BCUT2D eigenvalue weighted by atomic mass is 32.2. The number of hydrogen-bond acceptors (Lipinski definition) is 3. The Morgan fingerprint density at radius 1 is 1.50 bits per heavy atom. The van der Waals surface area contributed by atoms with E-state index in [0.29, 0.717) is 11.4 Å². The molecule has 1 amide bonds. The predicted molar refractivity (Wildman–Crippen MR) is 56.8 cm³/mol. The molecular weight excluding hydrogens is 236 g/mol. The van der Waals surface area contributed by atoms with Gasteiger partial charge in [0, 0.05) is 10.5 Å². The van der Waals surface area contributed by atoms with Crippen LogP contribution in [0.1, 0.15) is 5.56 Å². The zero-order valence-electron chi connectivity index (χ0n) is 8.17. The van der Waals surface area contributed by atoms with E-state index in [0.717, 1.165) is 4.90 Å². The number of aliphatic hydroxyl groups is 1. The molecule has 0 radical (unpaired) electrons. The molecule has 1 heterocycles. The molecule has 0 unspecified atom stereocenters. The summed E-state index contributed by atoms with van der Waals surface area (Å²) < 4.78 is 26.4. The van der Waals surface area contributed by atoms with Crippen LogP contribution in [0.5, 0.6) is 0 Å². The molecule has 16 heavy (non-hydrogen) atoms. The van der Waals surface area contributed by atoms with Crippen molar-refractivity contribution < 1.29 is 18.7 Å². The van der Waals surface area contributed by atoms with Gasteiger partial charge in [0.15, 0.2) is 0 Å². The Bertz CT molecular complexity index is 437. The van der Waals surface area contributed by atoms with E-state index in [1.807, 2.05) is 0 Å². The van der Waals surface area contributed by atoms with Gasteiger partial charge in [-0.1, -0.05) is 6.07 Å². The van der Waals surface area contributed by atoms with Crippen LogP contribution in [0, 0.1) is 0 Å². The number of fused-ring (bicyclic) bond motifs is 1. The van der Waals surface area contributed by atoms with Crippen LogP contribution in [0.25, 0.3) is 0 Å². The summed E-state index contributed by atoms with van der Waals surface area (Å²) in [6.07, 6.45) is 0. The molecule has 0 spiro atoms. The maximum atomic E-state index is 13.2. The molecule has 6 heteroatoms. The fourth-order valence-corrected chi connectivity index (χ4v) is 2.19. The maximum absolute atomic E-state index is 13.2. The van der Waals surface area contributed by atoms with Crippen molar-refractivity contribution in [2.24, 2.45) is 0 Å². The molecule has 0 saturated carbocycles. The number of nitrogens with one attached hydrogen (secondary N) is 1. The number of carbonyl (C=O) groups is 1. The topological polar surface area (TPSA) is 49.3 Å². The third-order valence-corrected chi connectivity index (χ3v) is 3.31. The number of hydrogen-bond donors (Lipinski definition) is 2. The fraction of sp³-hybridized carbons (Fsp3) is 0.300. The van der Waals surface area contributed by atoms with E-state index in [1.165, 1.54) is 30.0 Å². The Balaban J connectivity index is 2.38. The predicted octanol–water partition coefficient (Wildman–Crippen LogP) is 1.81. The van der Waals surface area contributed by atoms with E-state index in [-0.39, 0.29) is 11.5 Å². The second-order valence-corrected chi connectivity index (χ2v) is 4.43. The van der Waals surface area contributed by atoms with Crippen LogP contribution >= 0.6 is 11.8 Å². The van der Waals surface area contributed by atoms with Crippen molar-refractivity contribution in [3.8, 4) is 0 Å². The highest BCUT2D eigenvalue weighted by molar-refractivity contribution is 8.00. The summed E-state index contributed by atoms with van der Waals surface area (Å²) >= 11 is 1.30. The van der Waals surface area contributed by atoms with Gasteiger partial charge in [-0.05, 0) is 12.1 Å². The highest BCUT2D eigenvalue weighted by Gasteiger charge is 2.31. The molecule has 2 rings (SSSR count). The Morgan fingerprint density at radius 3 is 2.94 bits per heavy atom. The summed E-state index contributed by atoms with van der Waals surface area (Å²) in [5.41, 5.74) is 0.0865. The molecule has 1 aliphatic heterocycles. The molecule has 1 aliphatic rings. The molecular formula is C10H9F2NO2S. The zero-order chi connectivity index (χ0) is 11.8. The molecule has 2 N–H and O–H groups in total. The first-order valence-corrected chi connectivity index (χ1v) is 5.57. The van der Waals surface area contributed by atoms with Crippen molar-refractivity contribution in [3.05, 3.63) is 23.8 Å². The number of alkyl halides is 2. The van der Waals surface area contributed by atoms with Gasteiger partial charge in [-0.3, -0.25) is 4.79 Å². The summed E-state index contributed by atoms with van der Waals surface area (Å²) in [5, 5.41) is 11.1. The molecule has 1 aromatic rings. The minimum Gasteiger partial charge on any atom is -0.390 e. The SMILES string of the molecule is O=C1CSc2ccc(C(F)(F)CO)cc2N1. The van der Waals surface area contributed by atoms with Gasteiger partial charge in [-0.25, -0.2) is 0 Å². The smallest absolute Gasteiger partial charge is 0.295 e. The first kappa shape index (κ1) is 11.3. The van der Waals surface area contributed by atoms with Gasteiger partial charge in [0.05, 0.1) is 11.4 Å². The molecule has 0 aliphatic carbocycles. The number of benzene rings is 1. The van der Waals surface area contributed by atoms with Crippen molar-refractivity contribution in [1.82, 2.24) is 0 Å². The Morgan fingerprint density at radius 2 is 2.25 bits per heavy atom. The summed E-state index contributed by atoms with van der Waals surface area (Å²) in [6.45, 7) is -1.24. The van der Waals surface area contributed by atoms with Gasteiger partial charge >= 0.3 is 0 Å². The van der Waals surface area contributed by atoms with Crippen molar-refractivity contribution in [1.29, 1.82) is 0 Å². The third-order valence-electron chi connectivity index (χ3n) is 2.23. The lowest BCUT2D eigenvalue weighted by Gasteiger charge is -2.20. The van der Waals surface area contributed by atoms with Crippen LogP contribution in [0.15, 0.2) is 23.1 Å². The van der Waals surface area contributed by atoms with Gasteiger partial charge in [0.2, 0.25) is 5.91 Å².